The standard InChI is InChI=1S/C24H31N5O6S/c1-26-11-13-27(14-12-26)17-23(30)28-16-22(24(31)25-32)29(15-18-5-3-4-6-21(18)28)36(33,34)20-9-7-19(35-2)8-10-20/h3-10,22,32H,11-17H2,1-2H3,(H,25,31). The summed E-state index contributed by atoms with van der Waals surface area (Å²) in [5, 5.41) is 9.48. The number of fused-ring (bicyclic) bond motifs is 1. The van der Waals surface area contributed by atoms with Gasteiger partial charge in [0.2, 0.25) is 15.9 Å². The summed E-state index contributed by atoms with van der Waals surface area (Å²) in [5.41, 5.74) is 2.71. The highest BCUT2D eigenvalue weighted by Crippen LogP contribution is 2.32. The largest absolute Gasteiger partial charge is 0.497 e. The molecule has 1 saturated heterocycles. The van der Waals surface area contributed by atoms with Crippen LogP contribution in [0, 0.1) is 0 Å². The minimum Gasteiger partial charge on any atom is -0.497 e. The van der Waals surface area contributed by atoms with Crippen LogP contribution in [0.15, 0.2) is 53.4 Å². The van der Waals surface area contributed by atoms with Crippen molar-refractivity contribution in [3.05, 3.63) is 54.1 Å². The van der Waals surface area contributed by atoms with E-state index in [1.807, 2.05) is 11.9 Å². The number of nitrogens with zero attached hydrogens (tertiary/aromatic N) is 4. The lowest BCUT2D eigenvalue weighted by Crippen LogP contribution is -2.55. The minimum absolute atomic E-state index is 0.0336. The predicted octanol–water partition coefficient (Wildman–Crippen LogP) is 0.354. The van der Waals surface area contributed by atoms with Crippen molar-refractivity contribution in [2.75, 3.05) is 58.3 Å². The zero-order chi connectivity index (χ0) is 25.9. The summed E-state index contributed by atoms with van der Waals surface area (Å²) >= 11 is 0. The van der Waals surface area contributed by atoms with Crippen molar-refractivity contribution in [1.82, 2.24) is 19.6 Å². The van der Waals surface area contributed by atoms with Crippen LogP contribution in [0.5, 0.6) is 5.75 Å². The molecule has 0 radical (unpaired) electrons. The molecule has 36 heavy (non-hydrogen) atoms. The average molecular weight is 518 g/mol. The molecule has 194 valence electrons. The first-order valence-corrected chi connectivity index (χ1v) is 13.1. The number of hydroxylamine groups is 1. The minimum atomic E-state index is -4.19. The smallest absolute Gasteiger partial charge is 0.263 e. The van der Waals surface area contributed by atoms with E-state index in [9.17, 15) is 23.2 Å². The molecule has 2 aromatic rings. The van der Waals surface area contributed by atoms with Crippen LogP contribution in [0.2, 0.25) is 0 Å². The van der Waals surface area contributed by atoms with Gasteiger partial charge in [-0.15, -0.1) is 0 Å². The molecule has 2 N–H and O–H groups in total. The molecule has 2 heterocycles. The maximum atomic E-state index is 13.7. The Bertz CT molecular complexity index is 1200. The summed E-state index contributed by atoms with van der Waals surface area (Å²) in [5.74, 6) is -0.677. The number of likely N-dealkylation sites (N-methyl/N-ethyl adjacent to an activating group) is 1. The number of piperazine rings is 1. The van der Waals surface area contributed by atoms with E-state index in [4.69, 9.17) is 4.74 Å². The predicted molar refractivity (Wildman–Crippen MR) is 132 cm³/mol. The summed E-state index contributed by atoms with van der Waals surface area (Å²) in [7, 11) is -0.683. The lowest BCUT2D eigenvalue weighted by molar-refractivity contribution is -0.133. The van der Waals surface area contributed by atoms with Gasteiger partial charge >= 0.3 is 0 Å². The molecule has 11 nitrogen and oxygen atoms in total. The number of anilines is 1. The number of carbonyl (C=O) groups is 2. The number of sulfonamides is 1. The SMILES string of the molecule is COc1ccc(S(=O)(=O)N2Cc3ccccc3N(C(=O)CN3CCN(C)CC3)CC2C(=O)NO)cc1. The summed E-state index contributed by atoms with van der Waals surface area (Å²) < 4.78 is 33.6. The molecule has 1 atom stereocenters. The van der Waals surface area contributed by atoms with Crippen LogP contribution >= 0.6 is 0 Å². The average Bonchev–Trinajstić information content (AvgIpc) is 3.07. The van der Waals surface area contributed by atoms with E-state index in [1.54, 1.807) is 29.7 Å². The van der Waals surface area contributed by atoms with E-state index >= 15 is 0 Å². The molecule has 0 saturated carbocycles. The van der Waals surface area contributed by atoms with Gasteiger partial charge < -0.3 is 14.5 Å². The number of hydrogen-bond acceptors (Lipinski definition) is 8. The summed E-state index contributed by atoms with van der Waals surface area (Å²) in [6.07, 6.45) is 0. The lowest BCUT2D eigenvalue weighted by atomic mass is 10.1. The molecular formula is C24H31N5O6S. The molecule has 1 fully saturated rings. The van der Waals surface area contributed by atoms with Gasteiger partial charge in [-0.2, -0.15) is 4.31 Å². The fourth-order valence-electron chi connectivity index (χ4n) is 4.49. The number of carbonyl (C=O) groups excluding carboxylic acids is 2. The van der Waals surface area contributed by atoms with Gasteiger partial charge in [0, 0.05) is 38.4 Å². The van der Waals surface area contributed by atoms with Gasteiger partial charge in [-0.3, -0.25) is 19.7 Å². The molecule has 1 unspecified atom stereocenters. The van der Waals surface area contributed by atoms with E-state index in [1.165, 1.54) is 36.3 Å². The van der Waals surface area contributed by atoms with Gasteiger partial charge in [0.25, 0.3) is 5.91 Å². The second-order valence-corrected chi connectivity index (χ2v) is 10.8. The van der Waals surface area contributed by atoms with E-state index < -0.39 is 22.0 Å². The third-order valence-electron chi connectivity index (χ3n) is 6.65. The van der Waals surface area contributed by atoms with Crippen LogP contribution in [0.4, 0.5) is 5.69 Å². The second-order valence-electron chi connectivity index (χ2n) is 8.93. The van der Waals surface area contributed by atoms with Gasteiger partial charge in [0.1, 0.15) is 11.8 Å². The molecule has 0 spiro atoms. The highest BCUT2D eigenvalue weighted by atomic mass is 32.2. The van der Waals surface area contributed by atoms with Crippen LogP contribution in [0.25, 0.3) is 0 Å². The van der Waals surface area contributed by atoms with Crippen LogP contribution < -0.4 is 15.1 Å². The van der Waals surface area contributed by atoms with Crippen molar-refractivity contribution in [2.45, 2.75) is 17.5 Å². The number of rotatable bonds is 6. The highest BCUT2D eigenvalue weighted by Gasteiger charge is 2.41. The number of amides is 2. The summed E-state index contributed by atoms with van der Waals surface area (Å²) in [6.45, 7) is 2.89. The molecule has 2 aliphatic heterocycles. The van der Waals surface area contributed by atoms with Crippen LogP contribution in [-0.4, -0.2) is 99.0 Å². The first-order valence-electron chi connectivity index (χ1n) is 11.6. The van der Waals surface area contributed by atoms with E-state index in [-0.39, 0.29) is 30.4 Å². The molecule has 12 heteroatoms. The lowest BCUT2D eigenvalue weighted by Gasteiger charge is -2.34. The Morgan fingerprint density at radius 1 is 1.06 bits per heavy atom. The first kappa shape index (κ1) is 26.0. The van der Waals surface area contributed by atoms with E-state index in [0.717, 1.165) is 30.5 Å². The fraction of sp³-hybridized carbons (Fsp3) is 0.417. The normalized spacial score (nSPS) is 19.9. The topological polar surface area (TPSA) is 123 Å². The Morgan fingerprint density at radius 2 is 1.72 bits per heavy atom. The molecule has 0 aliphatic carbocycles. The Kier molecular flexibility index (Phi) is 7.91. The molecule has 2 aromatic carbocycles. The van der Waals surface area contributed by atoms with E-state index in [2.05, 4.69) is 4.90 Å². The van der Waals surface area contributed by atoms with Crippen molar-refractivity contribution in [3.8, 4) is 5.75 Å². The van der Waals surface area contributed by atoms with Gasteiger partial charge in [-0.05, 0) is 42.9 Å². The zero-order valence-electron chi connectivity index (χ0n) is 20.3. The maximum Gasteiger partial charge on any atom is 0.263 e. The van der Waals surface area contributed by atoms with Crippen molar-refractivity contribution < 1.29 is 28.0 Å². The first-order chi connectivity index (χ1) is 17.2. The third-order valence-corrected chi connectivity index (χ3v) is 8.52. The summed E-state index contributed by atoms with van der Waals surface area (Å²) in [4.78, 5) is 32.0. The second kappa shape index (κ2) is 10.9. The van der Waals surface area contributed by atoms with Crippen LogP contribution in [0.1, 0.15) is 5.56 Å². The fourth-order valence-corrected chi connectivity index (χ4v) is 6.05. The maximum absolute atomic E-state index is 13.7. The van der Waals surface area contributed by atoms with Crippen molar-refractivity contribution in [2.24, 2.45) is 0 Å². The Balaban J connectivity index is 1.70. The van der Waals surface area contributed by atoms with Gasteiger partial charge in [-0.1, -0.05) is 18.2 Å². The monoisotopic (exact) mass is 517 g/mol. The van der Waals surface area contributed by atoms with Crippen molar-refractivity contribution >= 4 is 27.5 Å². The summed E-state index contributed by atoms with van der Waals surface area (Å²) in [6, 6.07) is 11.5. The number of methoxy groups -OCH3 is 1. The van der Waals surface area contributed by atoms with E-state index in [0.29, 0.717) is 17.0 Å². The Morgan fingerprint density at radius 3 is 2.36 bits per heavy atom. The zero-order valence-corrected chi connectivity index (χ0v) is 21.1. The third kappa shape index (κ3) is 5.37. The van der Waals surface area contributed by atoms with Gasteiger partial charge in [0.05, 0.1) is 25.1 Å². The van der Waals surface area contributed by atoms with Crippen molar-refractivity contribution in [1.29, 1.82) is 0 Å². The van der Waals surface area contributed by atoms with Crippen molar-refractivity contribution in [3.63, 3.8) is 0 Å². The number of hydrogen-bond donors (Lipinski definition) is 2. The van der Waals surface area contributed by atoms with Crippen LogP contribution in [-0.2, 0) is 26.2 Å². The molecular weight excluding hydrogens is 486 g/mol. The molecule has 2 aliphatic rings. The van der Waals surface area contributed by atoms with Crippen LogP contribution in [0.3, 0.4) is 0 Å². The number of para-hydroxylation sites is 1. The number of nitrogens with one attached hydrogen (secondary N) is 1. The highest BCUT2D eigenvalue weighted by molar-refractivity contribution is 7.89. The van der Waals surface area contributed by atoms with Gasteiger partial charge in [-0.25, -0.2) is 13.9 Å². The molecule has 0 bridgehead atoms. The molecule has 0 aromatic heterocycles. The number of ether oxygens (including phenoxy) is 1. The Hall–Kier alpha value is -3.03. The number of benzene rings is 2. The Labute approximate surface area is 210 Å². The quantitative estimate of drug-likeness (QED) is 0.416. The molecule has 2 amide bonds. The molecule has 4 rings (SSSR count). The van der Waals surface area contributed by atoms with Gasteiger partial charge in [0.15, 0.2) is 0 Å².